The van der Waals surface area contributed by atoms with Gasteiger partial charge in [0.25, 0.3) is 0 Å². The second-order valence-corrected chi connectivity index (χ2v) is 6.51. The summed E-state index contributed by atoms with van der Waals surface area (Å²) >= 11 is 0. The van der Waals surface area contributed by atoms with E-state index in [1.165, 1.54) is 12.8 Å². The number of amides is 2. The first-order valence-corrected chi connectivity index (χ1v) is 8.52. The van der Waals surface area contributed by atoms with Gasteiger partial charge in [-0.3, -0.25) is 9.69 Å². The summed E-state index contributed by atoms with van der Waals surface area (Å²) in [5.74, 6) is 0.804. The molecular weight excluding hydrogens is 282 g/mol. The molecule has 2 aliphatic rings. The van der Waals surface area contributed by atoms with Crippen molar-refractivity contribution in [3.8, 4) is 0 Å². The van der Waals surface area contributed by atoms with Gasteiger partial charge < -0.3 is 15.0 Å². The molecule has 2 amide bonds. The van der Waals surface area contributed by atoms with Gasteiger partial charge in [-0.15, -0.1) is 0 Å². The van der Waals surface area contributed by atoms with Crippen molar-refractivity contribution >= 4 is 12.0 Å². The first-order valence-electron chi connectivity index (χ1n) is 8.52. The van der Waals surface area contributed by atoms with Gasteiger partial charge in [-0.25, -0.2) is 4.79 Å². The van der Waals surface area contributed by atoms with Gasteiger partial charge in [-0.2, -0.15) is 0 Å². The smallest absolute Gasteiger partial charge is 0.409 e. The summed E-state index contributed by atoms with van der Waals surface area (Å²) < 4.78 is 5.00. The van der Waals surface area contributed by atoms with Gasteiger partial charge in [0.1, 0.15) is 0 Å². The normalized spacial score (nSPS) is 24.1. The maximum Gasteiger partial charge on any atom is 0.409 e. The van der Waals surface area contributed by atoms with E-state index in [0.29, 0.717) is 32.2 Å². The van der Waals surface area contributed by atoms with E-state index in [1.54, 1.807) is 4.90 Å². The first kappa shape index (κ1) is 17.1. The standard InChI is InChI=1S/C16H29N3O3/c1-3-22-16(21)19-9-6-14(7-10-19)17-15(20)12-18-8-4-5-13(2)11-18/h13-14H,3-12H2,1-2H3,(H,17,20). The Hall–Kier alpha value is -1.30. The number of nitrogens with one attached hydrogen (secondary N) is 1. The average molecular weight is 311 g/mol. The van der Waals surface area contributed by atoms with Crippen molar-refractivity contribution < 1.29 is 14.3 Å². The molecule has 0 bridgehead atoms. The molecule has 0 spiro atoms. The highest BCUT2D eigenvalue weighted by Gasteiger charge is 2.25. The largest absolute Gasteiger partial charge is 0.450 e. The number of nitrogens with zero attached hydrogens (tertiary/aromatic N) is 2. The van der Waals surface area contributed by atoms with Gasteiger partial charge in [-0.1, -0.05) is 6.92 Å². The van der Waals surface area contributed by atoms with Crippen molar-refractivity contribution in [1.82, 2.24) is 15.1 Å². The van der Waals surface area contributed by atoms with Gasteiger partial charge in [0, 0.05) is 25.7 Å². The van der Waals surface area contributed by atoms with Crippen LogP contribution in [0.15, 0.2) is 0 Å². The van der Waals surface area contributed by atoms with E-state index in [2.05, 4.69) is 17.1 Å². The van der Waals surface area contributed by atoms with E-state index < -0.39 is 0 Å². The van der Waals surface area contributed by atoms with E-state index in [1.807, 2.05) is 6.92 Å². The highest BCUT2D eigenvalue weighted by molar-refractivity contribution is 5.78. The third-order valence-corrected chi connectivity index (χ3v) is 4.49. The molecule has 22 heavy (non-hydrogen) atoms. The molecule has 1 atom stereocenters. The number of likely N-dealkylation sites (tertiary alicyclic amines) is 2. The Bertz CT molecular complexity index is 381. The Kier molecular flexibility index (Phi) is 6.49. The van der Waals surface area contributed by atoms with Crippen LogP contribution < -0.4 is 5.32 Å². The Morgan fingerprint density at radius 3 is 2.55 bits per heavy atom. The third kappa shape index (κ3) is 5.16. The average Bonchev–Trinajstić information content (AvgIpc) is 2.48. The van der Waals surface area contributed by atoms with Gasteiger partial charge >= 0.3 is 6.09 Å². The summed E-state index contributed by atoms with van der Waals surface area (Å²) in [7, 11) is 0. The quantitative estimate of drug-likeness (QED) is 0.854. The predicted molar refractivity (Wildman–Crippen MR) is 84.6 cm³/mol. The van der Waals surface area contributed by atoms with Crippen molar-refractivity contribution in [2.24, 2.45) is 5.92 Å². The van der Waals surface area contributed by atoms with Crippen molar-refractivity contribution in [3.63, 3.8) is 0 Å². The van der Waals surface area contributed by atoms with E-state index in [-0.39, 0.29) is 18.0 Å². The lowest BCUT2D eigenvalue weighted by Crippen LogP contribution is -2.49. The zero-order valence-corrected chi connectivity index (χ0v) is 13.8. The first-order chi connectivity index (χ1) is 10.6. The third-order valence-electron chi connectivity index (χ3n) is 4.49. The fraction of sp³-hybridized carbons (Fsp3) is 0.875. The summed E-state index contributed by atoms with van der Waals surface area (Å²) in [4.78, 5) is 27.7. The lowest BCUT2D eigenvalue weighted by molar-refractivity contribution is -0.123. The van der Waals surface area contributed by atoms with Crippen LogP contribution in [0.2, 0.25) is 0 Å². The number of hydrogen-bond acceptors (Lipinski definition) is 4. The van der Waals surface area contributed by atoms with E-state index in [9.17, 15) is 9.59 Å². The molecule has 1 unspecified atom stereocenters. The minimum Gasteiger partial charge on any atom is -0.450 e. The van der Waals surface area contributed by atoms with Crippen LogP contribution >= 0.6 is 0 Å². The topological polar surface area (TPSA) is 61.9 Å². The summed E-state index contributed by atoms with van der Waals surface area (Å²) in [5.41, 5.74) is 0. The zero-order valence-electron chi connectivity index (χ0n) is 13.8. The summed E-state index contributed by atoms with van der Waals surface area (Å²) in [6.45, 7) is 8.33. The van der Waals surface area contributed by atoms with Crippen LogP contribution in [0.5, 0.6) is 0 Å². The molecule has 0 aromatic rings. The van der Waals surface area contributed by atoms with Gasteiger partial charge in [0.2, 0.25) is 5.91 Å². The van der Waals surface area contributed by atoms with Crippen LogP contribution in [-0.2, 0) is 9.53 Å². The molecule has 2 heterocycles. The molecule has 6 nitrogen and oxygen atoms in total. The highest BCUT2D eigenvalue weighted by atomic mass is 16.6. The highest BCUT2D eigenvalue weighted by Crippen LogP contribution is 2.15. The zero-order chi connectivity index (χ0) is 15.9. The van der Waals surface area contributed by atoms with Crippen LogP contribution in [0.25, 0.3) is 0 Å². The Balaban J connectivity index is 1.67. The van der Waals surface area contributed by atoms with Crippen molar-refractivity contribution in [3.05, 3.63) is 0 Å². The summed E-state index contributed by atoms with van der Waals surface area (Å²) in [6.07, 6.45) is 3.83. The van der Waals surface area contributed by atoms with Gasteiger partial charge in [0.15, 0.2) is 0 Å². The number of rotatable bonds is 4. The lowest BCUT2D eigenvalue weighted by Gasteiger charge is -2.33. The molecule has 126 valence electrons. The van der Waals surface area contributed by atoms with Crippen LogP contribution in [0.4, 0.5) is 4.79 Å². The summed E-state index contributed by atoms with van der Waals surface area (Å²) in [5, 5.41) is 3.11. The molecular formula is C16H29N3O3. The SMILES string of the molecule is CCOC(=O)N1CCC(NC(=O)CN2CCCC(C)C2)CC1. The van der Waals surface area contributed by atoms with Crippen molar-refractivity contribution in [2.45, 2.75) is 45.6 Å². The van der Waals surface area contributed by atoms with Gasteiger partial charge in [-0.05, 0) is 45.1 Å². The van der Waals surface area contributed by atoms with Crippen LogP contribution in [0.1, 0.15) is 39.5 Å². The summed E-state index contributed by atoms with van der Waals surface area (Å²) in [6, 6.07) is 0.181. The van der Waals surface area contributed by atoms with Crippen molar-refractivity contribution in [2.75, 3.05) is 39.3 Å². The van der Waals surface area contributed by atoms with E-state index >= 15 is 0 Å². The van der Waals surface area contributed by atoms with Crippen molar-refractivity contribution in [1.29, 1.82) is 0 Å². The van der Waals surface area contributed by atoms with Gasteiger partial charge in [0.05, 0.1) is 13.2 Å². The number of carbonyl (C=O) groups is 2. The minimum absolute atomic E-state index is 0.115. The molecule has 0 aliphatic carbocycles. The number of piperidine rings is 2. The fourth-order valence-corrected chi connectivity index (χ4v) is 3.33. The minimum atomic E-state index is -0.241. The molecule has 2 fully saturated rings. The number of ether oxygens (including phenoxy) is 1. The molecule has 0 saturated carbocycles. The fourth-order valence-electron chi connectivity index (χ4n) is 3.33. The second-order valence-electron chi connectivity index (χ2n) is 6.51. The molecule has 1 N–H and O–H groups in total. The molecule has 2 rings (SSSR count). The Labute approximate surface area is 133 Å². The molecule has 0 aromatic carbocycles. The predicted octanol–water partition coefficient (Wildman–Crippen LogP) is 1.46. The Morgan fingerprint density at radius 2 is 1.91 bits per heavy atom. The molecule has 2 aliphatic heterocycles. The molecule has 0 aromatic heterocycles. The van der Waals surface area contributed by atoms with E-state index in [4.69, 9.17) is 4.74 Å². The molecule has 0 radical (unpaired) electrons. The maximum atomic E-state index is 12.1. The molecule has 2 saturated heterocycles. The monoisotopic (exact) mass is 311 g/mol. The number of carbonyl (C=O) groups excluding carboxylic acids is 2. The van der Waals surface area contributed by atoms with Crippen LogP contribution in [0, 0.1) is 5.92 Å². The molecule has 6 heteroatoms. The second kappa shape index (κ2) is 8.36. The maximum absolute atomic E-state index is 12.1. The van der Waals surface area contributed by atoms with E-state index in [0.717, 1.165) is 25.9 Å². The van der Waals surface area contributed by atoms with Crippen LogP contribution in [-0.4, -0.2) is 67.2 Å². The van der Waals surface area contributed by atoms with Crippen LogP contribution in [0.3, 0.4) is 0 Å². The lowest BCUT2D eigenvalue weighted by atomic mass is 10.0. The number of hydrogen-bond donors (Lipinski definition) is 1. The Morgan fingerprint density at radius 1 is 1.18 bits per heavy atom.